The molecule has 142 valence electrons. The number of carbonyl (C=O) groups is 5. The zero-order valence-electron chi connectivity index (χ0n) is 14.9. The van der Waals surface area contributed by atoms with E-state index in [0.717, 1.165) is 14.2 Å². The summed E-state index contributed by atoms with van der Waals surface area (Å²) in [6.45, 7) is 2.32. The molecule has 0 bridgehead atoms. The molecule has 1 aliphatic heterocycles. The van der Waals surface area contributed by atoms with Crippen molar-refractivity contribution in [1.82, 2.24) is 10.2 Å². The number of nitrogens with zero attached hydrogens (tertiary/aromatic N) is 1. The van der Waals surface area contributed by atoms with Gasteiger partial charge in [0.1, 0.15) is 22.6 Å². The topological polar surface area (TPSA) is 139 Å². The van der Waals surface area contributed by atoms with Crippen LogP contribution >= 0.6 is 0 Å². The Morgan fingerprint density at radius 1 is 1.04 bits per heavy atom. The highest BCUT2D eigenvalue weighted by molar-refractivity contribution is 6.17. The van der Waals surface area contributed by atoms with Crippen LogP contribution in [0.2, 0.25) is 0 Å². The Kier molecular flexibility index (Phi) is 7.06. The molecule has 0 aromatic carbocycles. The minimum Gasteiger partial charge on any atom is -0.509 e. The largest absolute Gasteiger partial charge is 0.509 e. The van der Waals surface area contributed by atoms with Crippen LogP contribution in [-0.4, -0.2) is 60.4 Å². The predicted molar refractivity (Wildman–Crippen MR) is 86.2 cm³/mol. The third-order valence-electron chi connectivity index (χ3n) is 3.52. The second-order valence-corrected chi connectivity index (χ2v) is 5.10. The normalized spacial score (nSPS) is 14.8. The van der Waals surface area contributed by atoms with Crippen molar-refractivity contribution in [3.63, 3.8) is 0 Å². The van der Waals surface area contributed by atoms with E-state index in [4.69, 9.17) is 0 Å². The molecule has 2 N–H and O–H groups in total. The maximum absolute atomic E-state index is 12.8. The average Bonchev–Trinajstić information content (AvgIpc) is 2.75. The van der Waals surface area contributed by atoms with E-state index in [-0.39, 0.29) is 12.8 Å². The van der Waals surface area contributed by atoms with Crippen LogP contribution in [0.3, 0.4) is 0 Å². The average molecular weight is 368 g/mol. The van der Waals surface area contributed by atoms with E-state index in [0.29, 0.717) is 4.90 Å². The molecule has 1 heterocycles. The highest BCUT2D eigenvalue weighted by Gasteiger charge is 2.39. The van der Waals surface area contributed by atoms with Crippen molar-refractivity contribution in [2.24, 2.45) is 0 Å². The van der Waals surface area contributed by atoms with Crippen LogP contribution in [0.15, 0.2) is 22.6 Å². The van der Waals surface area contributed by atoms with E-state index in [1.807, 2.05) is 0 Å². The third-order valence-corrected chi connectivity index (χ3v) is 3.52. The van der Waals surface area contributed by atoms with Crippen LogP contribution in [-0.2, 0) is 33.4 Å². The van der Waals surface area contributed by atoms with Crippen molar-refractivity contribution < 1.29 is 38.6 Å². The zero-order valence-corrected chi connectivity index (χ0v) is 14.9. The summed E-state index contributed by atoms with van der Waals surface area (Å²) in [6.07, 6.45) is -0.134. The first-order chi connectivity index (χ1) is 12.2. The van der Waals surface area contributed by atoms with Gasteiger partial charge in [-0.15, -0.1) is 0 Å². The maximum atomic E-state index is 12.8. The maximum Gasteiger partial charge on any atom is 0.342 e. The number of carbonyl (C=O) groups excluding carboxylic acids is 5. The van der Waals surface area contributed by atoms with E-state index < -0.39 is 58.8 Å². The molecule has 10 nitrogen and oxygen atoms in total. The second kappa shape index (κ2) is 8.79. The SMILES string of the molecule is CCC(=O)NC1=C(C(=O)OC)C(C(=O)OC)=C(O)CN(C(=O)CC)C1=O. The first kappa shape index (κ1) is 20.9. The summed E-state index contributed by atoms with van der Waals surface area (Å²) < 4.78 is 9.13. The molecule has 0 aromatic rings. The summed E-state index contributed by atoms with van der Waals surface area (Å²) in [6, 6.07) is 0. The monoisotopic (exact) mass is 368 g/mol. The molecule has 0 aromatic heterocycles. The second-order valence-electron chi connectivity index (χ2n) is 5.10. The number of aliphatic hydroxyl groups excluding tert-OH is 1. The molecule has 10 heteroatoms. The number of ether oxygens (including phenoxy) is 2. The van der Waals surface area contributed by atoms with Gasteiger partial charge in [0.15, 0.2) is 0 Å². The van der Waals surface area contributed by atoms with Crippen LogP contribution < -0.4 is 5.32 Å². The summed E-state index contributed by atoms with van der Waals surface area (Å²) >= 11 is 0. The standard InChI is InChI=1S/C16H20N2O8/c1-5-9(20)17-13-12(16(24)26-4)11(15(23)25-3)8(19)7-18(14(13)22)10(21)6-2/h19H,5-7H2,1-4H3,(H,17,20). The third kappa shape index (κ3) is 4.08. The summed E-state index contributed by atoms with van der Waals surface area (Å²) in [5.74, 6) is -5.42. The lowest BCUT2D eigenvalue weighted by Crippen LogP contribution is -2.42. The fourth-order valence-electron chi connectivity index (χ4n) is 2.18. The first-order valence-corrected chi connectivity index (χ1v) is 7.71. The van der Waals surface area contributed by atoms with Gasteiger partial charge in [0.25, 0.3) is 5.91 Å². The summed E-state index contributed by atoms with van der Waals surface area (Å²) in [7, 11) is 1.99. The van der Waals surface area contributed by atoms with E-state index in [1.165, 1.54) is 13.8 Å². The Labute approximate surface area is 149 Å². The van der Waals surface area contributed by atoms with Gasteiger partial charge in [-0.1, -0.05) is 13.8 Å². The molecule has 0 fully saturated rings. The molecule has 0 saturated carbocycles. The minimum absolute atomic E-state index is 0.0454. The highest BCUT2D eigenvalue weighted by atomic mass is 16.5. The van der Waals surface area contributed by atoms with Crippen LogP contribution in [0.5, 0.6) is 0 Å². The number of aliphatic hydroxyl groups is 1. The van der Waals surface area contributed by atoms with Gasteiger partial charge in [0.05, 0.1) is 20.8 Å². The predicted octanol–water partition coefficient (Wildman–Crippen LogP) is -0.296. The number of hydrogen-bond donors (Lipinski definition) is 2. The quantitative estimate of drug-likeness (QED) is 0.631. The Bertz CT molecular complexity index is 720. The van der Waals surface area contributed by atoms with Gasteiger partial charge in [-0.2, -0.15) is 0 Å². The lowest BCUT2D eigenvalue weighted by atomic mass is 10.0. The zero-order chi connectivity index (χ0) is 20.0. The fraction of sp³-hybridized carbons (Fsp3) is 0.438. The Balaban J connectivity index is 3.81. The van der Waals surface area contributed by atoms with Crippen LogP contribution in [0.4, 0.5) is 0 Å². The summed E-state index contributed by atoms with van der Waals surface area (Å²) in [5.41, 5.74) is -1.99. The number of hydrogen-bond acceptors (Lipinski definition) is 8. The van der Waals surface area contributed by atoms with Crippen molar-refractivity contribution in [3.8, 4) is 0 Å². The number of rotatable bonds is 5. The highest BCUT2D eigenvalue weighted by Crippen LogP contribution is 2.26. The molecule has 0 unspecified atom stereocenters. The number of amides is 3. The molecule has 1 aliphatic rings. The Morgan fingerprint density at radius 3 is 2.04 bits per heavy atom. The Hall–Kier alpha value is -3.17. The molecule has 0 aliphatic carbocycles. The van der Waals surface area contributed by atoms with E-state index >= 15 is 0 Å². The molecular formula is C16H20N2O8. The number of esters is 2. The van der Waals surface area contributed by atoms with E-state index in [1.54, 1.807) is 0 Å². The van der Waals surface area contributed by atoms with Gasteiger partial charge in [-0.3, -0.25) is 19.3 Å². The molecular weight excluding hydrogens is 348 g/mol. The molecule has 0 radical (unpaired) electrons. The van der Waals surface area contributed by atoms with Gasteiger partial charge >= 0.3 is 11.9 Å². The summed E-state index contributed by atoms with van der Waals surface area (Å²) in [4.78, 5) is 61.6. The van der Waals surface area contributed by atoms with Gasteiger partial charge in [0.2, 0.25) is 11.8 Å². The molecule has 0 atom stereocenters. The van der Waals surface area contributed by atoms with E-state index in [9.17, 15) is 29.1 Å². The van der Waals surface area contributed by atoms with Crippen molar-refractivity contribution in [1.29, 1.82) is 0 Å². The van der Waals surface area contributed by atoms with Crippen molar-refractivity contribution in [3.05, 3.63) is 22.6 Å². The smallest absolute Gasteiger partial charge is 0.342 e. The molecule has 26 heavy (non-hydrogen) atoms. The summed E-state index contributed by atoms with van der Waals surface area (Å²) in [5, 5.41) is 12.5. The minimum atomic E-state index is -1.16. The number of imide groups is 1. The van der Waals surface area contributed by atoms with Crippen molar-refractivity contribution in [2.45, 2.75) is 26.7 Å². The van der Waals surface area contributed by atoms with Crippen LogP contribution in [0.1, 0.15) is 26.7 Å². The van der Waals surface area contributed by atoms with Gasteiger partial charge < -0.3 is 19.9 Å². The van der Waals surface area contributed by atoms with Crippen LogP contribution in [0, 0.1) is 0 Å². The van der Waals surface area contributed by atoms with Gasteiger partial charge in [-0.05, 0) is 0 Å². The molecule has 3 amide bonds. The van der Waals surface area contributed by atoms with Gasteiger partial charge in [-0.25, -0.2) is 9.59 Å². The molecule has 1 rings (SSSR count). The van der Waals surface area contributed by atoms with Gasteiger partial charge in [0, 0.05) is 12.8 Å². The van der Waals surface area contributed by atoms with E-state index in [2.05, 4.69) is 14.8 Å². The van der Waals surface area contributed by atoms with Crippen molar-refractivity contribution in [2.75, 3.05) is 20.8 Å². The van der Waals surface area contributed by atoms with Crippen molar-refractivity contribution >= 4 is 29.7 Å². The lowest BCUT2D eigenvalue weighted by Gasteiger charge is -2.20. The molecule has 0 spiro atoms. The number of methoxy groups -OCH3 is 2. The lowest BCUT2D eigenvalue weighted by molar-refractivity contribution is -0.143. The Morgan fingerprint density at radius 2 is 1.58 bits per heavy atom. The fourth-order valence-corrected chi connectivity index (χ4v) is 2.18. The first-order valence-electron chi connectivity index (χ1n) is 7.71. The number of nitrogens with one attached hydrogen (secondary N) is 1. The van der Waals surface area contributed by atoms with Crippen LogP contribution in [0.25, 0.3) is 0 Å². The molecule has 0 saturated heterocycles.